The molecule has 2 aromatic carbocycles. The van der Waals surface area contributed by atoms with Crippen LogP contribution in [0, 0.1) is 10.1 Å². The number of nitro benzene ring substituents is 1. The van der Waals surface area contributed by atoms with Crippen molar-refractivity contribution in [3.63, 3.8) is 0 Å². The molecule has 0 bridgehead atoms. The van der Waals surface area contributed by atoms with Crippen molar-refractivity contribution in [3.05, 3.63) is 51.5 Å². The quantitative estimate of drug-likeness (QED) is 0.586. The van der Waals surface area contributed by atoms with Crippen molar-refractivity contribution < 1.29 is 9.55 Å². The van der Waals surface area contributed by atoms with Crippen molar-refractivity contribution in [1.82, 2.24) is 10.3 Å². The normalized spacial score (nSPS) is 10.7. The average molecular weight is 291 g/mol. The van der Waals surface area contributed by atoms with Gasteiger partial charge in [0.25, 0.3) is 5.69 Å². The van der Waals surface area contributed by atoms with E-state index in [0.29, 0.717) is 21.7 Å². The van der Waals surface area contributed by atoms with Gasteiger partial charge in [0, 0.05) is 16.8 Å². The lowest BCUT2D eigenvalue weighted by Gasteiger charge is -2.07. The third-order valence-electron chi connectivity index (χ3n) is 2.72. The van der Waals surface area contributed by atoms with Gasteiger partial charge in [-0.25, -0.2) is 4.63 Å². The number of hydrogen-bond acceptors (Lipinski definition) is 6. The van der Waals surface area contributed by atoms with E-state index in [2.05, 4.69) is 20.3 Å². The van der Waals surface area contributed by atoms with Gasteiger partial charge >= 0.3 is 0 Å². The molecule has 0 saturated heterocycles. The maximum absolute atomic E-state index is 11.1. The summed E-state index contributed by atoms with van der Waals surface area (Å²) in [6.45, 7) is 0. The molecule has 1 aromatic heterocycles. The van der Waals surface area contributed by atoms with Crippen molar-refractivity contribution in [2.24, 2.45) is 0 Å². The van der Waals surface area contributed by atoms with Gasteiger partial charge in [-0.3, -0.25) is 10.1 Å². The molecule has 8 heteroatoms. The number of rotatable bonds is 3. The lowest BCUT2D eigenvalue weighted by molar-refractivity contribution is -0.383. The smallest absolute Gasteiger partial charge is 0.295 e. The van der Waals surface area contributed by atoms with Crippen LogP contribution < -0.4 is 5.32 Å². The van der Waals surface area contributed by atoms with Crippen LogP contribution in [0.2, 0.25) is 5.02 Å². The van der Waals surface area contributed by atoms with E-state index in [1.54, 1.807) is 24.3 Å². The number of nitro groups is 1. The number of nitrogens with zero attached hydrogens (tertiary/aromatic N) is 3. The summed E-state index contributed by atoms with van der Waals surface area (Å²) in [7, 11) is 0. The minimum Gasteiger partial charge on any atom is -0.348 e. The molecule has 0 aliphatic rings. The first-order chi connectivity index (χ1) is 9.65. The molecule has 3 rings (SSSR count). The molecule has 0 aliphatic heterocycles. The predicted molar refractivity (Wildman–Crippen MR) is 73.2 cm³/mol. The Hall–Kier alpha value is -2.67. The van der Waals surface area contributed by atoms with Crippen LogP contribution in [-0.4, -0.2) is 15.2 Å². The zero-order valence-electron chi connectivity index (χ0n) is 9.91. The fraction of sp³-hybridized carbons (Fsp3) is 0. The van der Waals surface area contributed by atoms with E-state index in [-0.39, 0.29) is 11.4 Å². The van der Waals surface area contributed by atoms with Gasteiger partial charge in [-0.2, -0.15) is 0 Å². The van der Waals surface area contributed by atoms with Crippen molar-refractivity contribution in [2.75, 3.05) is 5.32 Å². The van der Waals surface area contributed by atoms with E-state index in [1.807, 2.05) is 0 Å². The molecule has 0 atom stereocenters. The molecule has 0 unspecified atom stereocenters. The minimum absolute atomic E-state index is 0.108. The van der Waals surface area contributed by atoms with E-state index >= 15 is 0 Å². The zero-order valence-corrected chi connectivity index (χ0v) is 10.7. The number of aromatic nitrogens is 2. The SMILES string of the molecule is O=[N+]([O-])c1ccc2nonc2c1Nc1ccc(Cl)cc1. The topological polar surface area (TPSA) is 94.1 Å². The van der Waals surface area contributed by atoms with Crippen molar-refractivity contribution in [3.8, 4) is 0 Å². The van der Waals surface area contributed by atoms with Crippen LogP contribution in [0.4, 0.5) is 17.1 Å². The van der Waals surface area contributed by atoms with Crippen LogP contribution >= 0.6 is 11.6 Å². The Balaban J connectivity index is 2.12. The van der Waals surface area contributed by atoms with Gasteiger partial charge in [0.15, 0.2) is 5.52 Å². The summed E-state index contributed by atoms with van der Waals surface area (Å²) in [4.78, 5) is 10.6. The summed E-state index contributed by atoms with van der Waals surface area (Å²) in [6, 6.07) is 9.60. The third kappa shape index (κ3) is 2.14. The summed E-state index contributed by atoms with van der Waals surface area (Å²) in [5, 5.41) is 22.0. The molecule has 1 heterocycles. The number of halogens is 1. The number of fused-ring (bicyclic) bond motifs is 1. The summed E-state index contributed by atoms with van der Waals surface area (Å²) in [5.74, 6) is 0. The predicted octanol–water partition coefficient (Wildman–Crippen LogP) is 3.53. The standard InChI is InChI=1S/C12H7ClN4O3/c13-7-1-3-8(4-2-7)14-12-10(17(18)19)6-5-9-11(12)16-20-15-9/h1-6,14H. The van der Waals surface area contributed by atoms with Crippen LogP contribution in [0.1, 0.15) is 0 Å². The Labute approximate surface area is 117 Å². The van der Waals surface area contributed by atoms with Crippen LogP contribution in [0.3, 0.4) is 0 Å². The largest absolute Gasteiger partial charge is 0.348 e. The summed E-state index contributed by atoms with van der Waals surface area (Å²) in [5.41, 5.74) is 1.51. The molecule has 1 N–H and O–H groups in total. The first kappa shape index (κ1) is 12.4. The highest BCUT2D eigenvalue weighted by molar-refractivity contribution is 6.30. The molecule has 0 radical (unpaired) electrons. The highest BCUT2D eigenvalue weighted by Crippen LogP contribution is 2.33. The molecule has 0 aliphatic carbocycles. The first-order valence-electron chi connectivity index (χ1n) is 5.57. The van der Waals surface area contributed by atoms with Crippen molar-refractivity contribution in [1.29, 1.82) is 0 Å². The summed E-state index contributed by atoms with van der Waals surface area (Å²) >= 11 is 5.80. The molecule has 0 spiro atoms. The number of benzene rings is 2. The Bertz CT molecular complexity index is 785. The fourth-order valence-corrected chi connectivity index (χ4v) is 1.92. The Morgan fingerprint density at radius 1 is 1.15 bits per heavy atom. The molecular formula is C12H7ClN4O3. The molecule has 0 amide bonds. The summed E-state index contributed by atoms with van der Waals surface area (Å²) in [6.07, 6.45) is 0. The molecule has 100 valence electrons. The maximum Gasteiger partial charge on any atom is 0.295 e. The monoisotopic (exact) mass is 290 g/mol. The van der Waals surface area contributed by atoms with Gasteiger partial charge in [0.2, 0.25) is 0 Å². The zero-order chi connectivity index (χ0) is 14.1. The van der Waals surface area contributed by atoms with Crippen LogP contribution in [0.15, 0.2) is 41.0 Å². The van der Waals surface area contributed by atoms with Gasteiger partial charge in [0.1, 0.15) is 11.2 Å². The van der Waals surface area contributed by atoms with E-state index in [1.165, 1.54) is 12.1 Å². The molecule has 7 nitrogen and oxygen atoms in total. The summed E-state index contributed by atoms with van der Waals surface area (Å²) < 4.78 is 4.61. The highest BCUT2D eigenvalue weighted by Gasteiger charge is 2.20. The Morgan fingerprint density at radius 2 is 1.90 bits per heavy atom. The van der Waals surface area contributed by atoms with Gasteiger partial charge in [-0.15, -0.1) is 0 Å². The molecule has 0 fully saturated rings. The number of anilines is 2. The van der Waals surface area contributed by atoms with Gasteiger partial charge in [-0.1, -0.05) is 11.6 Å². The van der Waals surface area contributed by atoms with E-state index < -0.39 is 4.92 Å². The fourth-order valence-electron chi connectivity index (χ4n) is 1.79. The van der Waals surface area contributed by atoms with Gasteiger partial charge < -0.3 is 5.32 Å². The lowest BCUT2D eigenvalue weighted by Crippen LogP contribution is -1.98. The van der Waals surface area contributed by atoms with E-state index in [4.69, 9.17) is 11.6 Å². The van der Waals surface area contributed by atoms with Gasteiger partial charge in [0.05, 0.1) is 4.92 Å². The second-order valence-electron chi connectivity index (χ2n) is 3.98. The third-order valence-corrected chi connectivity index (χ3v) is 2.97. The first-order valence-corrected chi connectivity index (χ1v) is 5.95. The average Bonchev–Trinajstić information content (AvgIpc) is 2.90. The maximum atomic E-state index is 11.1. The Kier molecular flexibility index (Phi) is 2.96. The molecule has 3 aromatic rings. The molecule has 0 saturated carbocycles. The second-order valence-corrected chi connectivity index (χ2v) is 4.42. The molecule has 20 heavy (non-hydrogen) atoms. The van der Waals surface area contributed by atoms with E-state index in [9.17, 15) is 10.1 Å². The van der Waals surface area contributed by atoms with Crippen molar-refractivity contribution in [2.45, 2.75) is 0 Å². The molecular weight excluding hydrogens is 284 g/mol. The highest BCUT2D eigenvalue weighted by atomic mass is 35.5. The van der Waals surface area contributed by atoms with Crippen LogP contribution in [0.5, 0.6) is 0 Å². The van der Waals surface area contributed by atoms with E-state index in [0.717, 1.165) is 0 Å². The van der Waals surface area contributed by atoms with Crippen molar-refractivity contribution >= 4 is 39.7 Å². The minimum atomic E-state index is -0.494. The van der Waals surface area contributed by atoms with Crippen LogP contribution in [0.25, 0.3) is 11.0 Å². The van der Waals surface area contributed by atoms with Gasteiger partial charge in [-0.05, 0) is 40.6 Å². The number of hydrogen-bond donors (Lipinski definition) is 1. The van der Waals surface area contributed by atoms with Crippen LogP contribution in [-0.2, 0) is 0 Å². The lowest BCUT2D eigenvalue weighted by atomic mass is 10.2. The second kappa shape index (κ2) is 4.78. The Morgan fingerprint density at radius 3 is 2.60 bits per heavy atom. The number of nitrogens with one attached hydrogen (secondary N) is 1.